The zero-order valence-corrected chi connectivity index (χ0v) is 16.1. The highest BCUT2D eigenvalue weighted by Crippen LogP contribution is 2.28. The first-order valence-corrected chi connectivity index (χ1v) is 9.43. The van der Waals surface area contributed by atoms with Crippen molar-refractivity contribution in [3.8, 4) is 5.75 Å². The van der Waals surface area contributed by atoms with Crippen molar-refractivity contribution in [2.45, 2.75) is 39.7 Å². The molecule has 2 amide bonds. The lowest BCUT2D eigenvalue weighted by molar-refractivity contribution is -0.122. The second kappa shape index (κ2) is 8.25. The molecule has 1 atom stereocenters. The topological polar surface area (TPSA) is 58.6 Å². The molecule has 1 unspecified atom stereocenters. The highest BCUT2D eigenvalue weighted by Gasteiger charge is 2.35. The Hall–Kier alpha value is -2.82. The van der Waals surface area contributed by atoms with Crippen LogP contribution in [0.2, 0.25) is 0 Å². The van der Waals surface area contributed by atoms with Gasteiger partial charge in [-0.25, -0.2) is 0 Å². The molecule has 0 bridgehead atoms. The van der Waals surface area contributed by atoms with Gasteiger partial charge in [0.2, 0.25) is 11.8 Å². The Labute approximate surface area is 160 Å². The van der Waals surface area contributed by atoms with E-state index >= 15 is 0 Å². The fraction of sp³-hybridized carbons (Fsp3) is 0.364. The normalized spacial score (nSPS) is 16.7. The van der Waals surface area contributed by atoms with E-state index in [9.17, 15) is 9.59 Å². The number of amides is 2. The molecule has 1 N–H and O–H groups in total. The molecule has 5 nitrogen and oxygen atoms in total. The third kappa shape index (κ3) is 4.48. The number of nitrogens with zero attached hydrogens (tertiary/aromatic N) is 1. The summed E-state index contributed by atoms with van der Waals surface area (Å²) in [6.07, 6.45) is 1.17. The summed E-state index contributed by atoms with van der Waals surface area (Å²) in [6.45, 7) is 6.39. The maximum atomic E-state index is 12.7. The summed E-state index contributed by atoms with van der Waals surface area (Å²) in [5.74, 6) is 0.280. The molecule has 0 spiro atoms. The number of hydrogen-bond donors (Lipinski definition) is 1. The molecular formula is C22H26N2O3. The SMILES string of the molecule is CCc1ccccc1NC(=O)C1CC(=O)N(c2ccc(OC(C)C)cc2)C1. The van der Waals surface area contributed by atoms with E-state index in [1.807, 2.05) is 62.4 Å². The quantitative estimate of drug-likeness (QED) is 0.840. The Morgan fingerprint density at radius 3 is 2.56 bits per heavy atom. The lowest BCUT2D eigenvalue weighted by Crippen LogP contribution is -2.28. The van der Waals surface area contributed by atoms with Crippen molar-refractivity contribution in [3.63, 3.8) is 0 Å². The van der Waals surface area contributed by atoms with Gasteiger partial charge in [0, 0.05) is 24.3 Å². The average molecular weight is 366 g/mol. The lowest BCUT2D eigenvalue weighted by Gasteiger charge is -2.18. The van der Waals surface area contributed by atoms with E-state index in [1.165, 1.54) is 0 Å². The Morgan fingerprint density at radius 2 is 1.89 bits per heavy atom. The molecule has 0 saturated carbocycles. The third-order valence-electron chi connectivity index (χ3n) is 4.67. The summed E-state index contributed by atoms with van der Waals surface area (Å²) >= 11 is 0. The number of ether oxygens (including phenoxy) is 1. The van der Waals surface area contributed by atoms with E-state index in [0.717, 1.165) is 29.1 Å². The van der Waals surface area contributed by atoms with Crippen LogP contribution in [0.1, 0.15) is 32.8 Å². The molecule has 0 radical (unpaired) electrons. The van der Waals surface area contributed by atoms with Crippen molar-refractivity contribution in [2.75, 3.05) is 16.8 Å². The highest BCUT2D eigenvalue weighted by molar-refractivity contribution is 6.03. The van der Waals surface area contributed by atoms with Crippen LogP contribution in [-0.2, 0) is 16.0 Å². The molecule has 1 heterocycles. The van der Waals surface area contributed by atoms with Crippen LogP contribution in [0.5, 0.6) is 5.75 Å². The van der Waals surface area contributed by atoms with Gasteiger partial charge in [-0.05, 0) is 56.2 Å². The van der Waals surface area contributed by atoms with Crippen molar-refractivity contribution >= 4 is 23.2 Å². The second-order valence-corrected chi connectivity index (χ2v) is 7.07. The summed E-state index contributed by atoms with van der Waals surface area (Å²) in [7, 11) is 0. The summed E-state index contributed by atoms with van der Waals surface area (Å²) < 4.78 is 5.64. The first-order chi connectivity index (χ1) is 13.0. The molecule has 1 fully saturated rings. The van der Waals surface area contributed by atoms with Crippen molar-refractivity contribution in [1.82, 2.24) is 0 Å². The molecule has 3 rings (SSSR count). The van der Waals surface area contributed by atoms with Crippen LogP contribution in [0.4, 0.5) is 11.4 Å². The van der Waals surface area contributed by atoms with Gasteiger partial charge in [-0.1, -0.05) is 25.1 Å². The Kier molecular flexibility index (Phi) is 5.79. The van der Waals surface area contributed by atoms with Gasteiger partial charge >= 0.3 is 0 Å². The van der Waals surface area contributed by atoms with Crippen LogP contribution in [0.3, 0.4) is 0 Å². The van der Waals surface area contributed by atoms with Crippen LogP contribution >= 0.6 is 0 Å². The summed E-state index contributed by atoms with van der Waals surface area (Å²) in [4.78, 5) is 26.8. The zero-order chi connectivity index (χ0) is 19.4. The van der Waals surface area contributed by atoms with Crippen LogP contribution in [0.25, 0.3) is 0 Å². The molecule has 142 valence electrons. The molecule has 5 heteroatoms. The van der Waals surface area contributed by atoms with Gasteiger partial charge in [-0.3, -0.25) is 9.59 Å². The van der Waals surface area contributed by atoms with Crippen molar-refractivity contribution in [2.24, 2.45) is 5.92 Å². The lowest BCUT2D eigenvalue weighted by atomic mass is 10.1. The largest absolute Gasteiger partial charge is 0.491 e. The van der Waals surface area contributed by atoms with Gasteiger partial charge < -0.3 is 15.0 Å². The van der Waals surface area contributed by atoms with Crippen LogP contribution in [0.15, 0.2) is 48.5 Å². The Morgan fingerprint density at radius 1 is 1.19 bits per heavy atom. The predicted octanol–water partition coefficient (Wildman–Crippen LogP) is 4.03. The van der Waals surface area contributed by atoms with Crippen LogP contribution < -0.4 is 15.0 Å². The van der Waals surface area contributed by atoms with Crippen LogP contribution in [-0.4, -0.2) is 24.5 Å². The predicted molar refractivity (Wildman–Crippen MR) is 107 cm³/mol. The van der Waals surface area contributed by atoms with Crippen molar-refractivity contribution in [1.29, 1.82) is 0 Å². The van der Waals surface area contributed by atoms with Gasteiger partial charge in [-0.2, -0.15) is 0 Å². The summed E-state index contributed by atoms with van der Waals surface area (Å²) in [5, 5.41) is 2.99. The number of anilines is 2. The smallest absolute Gasteiger partial charge is 0.229 e. The first-order valence-electron chi connectivity index (χ1n) is 9.43. The van der Waals surface area contributed by atoms with E-state index in [1.54, 1.807) is 4.90 Å². The maximum absolute atomic E-state index is 12.7. The molecule has 1 saturated heterocycles. The minimum atomic E-state index is -0.353. The molecule has 1 aliphatic heterocycles. The second-order valence-electron chi connectivity index (χ2n) is 7.07. The number of para-hydroxylation sites is 1. The van der Waals surface area contributed by atoms with Gasteiger partial charge in [0.25, 0.3) is 0 Å². The number of rotatable bonds is 6. The summed E-state index contributed by atoms with van der Waals surface area (Å²) in [6, 6.07) is 15.2. The molecule has 1 aliphatic rings. The number of hydrogen-bond acceptors (Lipinski definition) is 3. The molecular weight excluding hydrogens is 340 g/mol. The fourth-order valence-electron chi connectivity index (χ4n) is 3.29. The standard InChI is InChI=1S/C22H26N2O3/c1-4-16-7-5-6-8-20(16)23-22(26)17-13-21(25)24(14-17)18-9-11-19(12-10-18)27-15(2)3/h5-12,15,17H,4,13-14H2,1-3H3,(H,23,26). The maximum Gasteiger partial charge on any atom is 0.229 e. The van der Waals surface area contributed by atoms with Crippen LogP contribution in [0, 0.1) is 5.92 Å². The molecule has 0 aromatic heterocycles. The van der Waals surface area contributed by atoms with Gasteiger partial charge in [-0.15, -0.1) is 0 Å². The van der Waals surface area contributed by atoms with Crippen molar-refractivity contribution < 1.29 is 14.3 Å². The number of carbonyl (C=O) groups excluding carboxylic acids is 2. The summed E-state index contributed by atoms with van der Waals surface area (Å²) in [5.41, 5.74) is 2.71. The molecule has 27 heavy (non-hydrogen) atoms. The Bertz CT molecular complexity index is 815. The third-order valence-corrected chi connectivity index (χ3v) is 4.67. The first kappa shape index (κ1) is 19.0. The van der Waals surface area contributed by atoms with Crippen molar-refractivity contribution in [3.05, 3.63) is 54.1 Å². The highest BCUT2D eigenvalue weighted by atomic mass is 16.5. The molecule has 0 aliphatic carbocycles. The minimum absolute atomic E-state index is 0.0311. The van der Waals surface area contributed by atoms with E-state index < -0.39 is 0 Å². The average Bonchev–Trinajstić information content (AvgIpc) is 3.04. The number of benzene rings is 2. The fourth-order valence-corrected chi connectivity index (χ4v) is 3.29. The molecule has 2 aromatic rings. The van der Waals surface area contributed by atoms with E-state index in [-0.39, 0.29) is 30.3 Å². The minimum Gasteiger partial charge on any atom is -0.491 e. The van der Waals surface area contributed by atoms with E-state index in [2.05, 4.69) is 12.2 Å². The number of aryl methyl sites for hydroxylation is 1. The zero-order valence-electron chi connectivity index (χ0n) is 16.1. The Balaban J connectivity index is 1.67. The number of nitrogens with one attached hydrogen (secondary N) is 1. The van der Waals surface area contributed by atoms with E-state index in [0.29, 0.717) is 6.54 Å². The number of carbonyl (C=O) groups is 2. The van der Waals surface area contributed by atoms with Gasteiger partial charge in [0.05, 0.1) is 12.0 Å². The van der Waals surface area contributed by atoms with Gasteiger partial charge in [0.1, 0.15) is 5.75 Å². The monoisotopic (exact) mass is 366 g/mol. The van der Waals surface area contributed by atoms with Gasteiger partial charge in [0.15, 0.2) is 0 Å². The molecule has 2 aromatic carbocycles. The van der Waals surface area contributed by atoms with E-state index in [4.69, 9.17) is 4.74 Å².